The number of carbonyl (C=O) groups excluding carboxylic acids is 3. The monoisotopic (exact) mass is 650 g/mol. The second-order valence-electron chi connectivity index (χ2n) is 13.9. The van der Waals surface area contributed by atoms with E-state index in [9.17, 15) is 14.4 Å². The smallest absolute Gasteiger partial charge is 0.320 e. The highest BCUT2D eigenvalue weighted by Crippen LogP contribution is 2.32. The summed E-state index contributed by atoms with van der Waals surface area (Å²) in [5, 5.41) is 0.647. The van der Waals surface area contributed by atoms with E-state index in [2.05, 4.69) is 19.8 Å². The predicted molar refractivity (Wildman–Crippen MR) is 179 cm³/mol. The fourth-order valence-electron chi connectivity index (χ4n) is 6.73. The number of hydrogen-bond donors (Lipinski definition) is 0. The molecule has 0 aliphatic carbocycles. The number of hydrogen-bond acceptors (Lipinski definition) is 8. The summed E-state index contributed by atoms with van der Waals surface area (Å²) in [6.07, 6.45) is 5.72. The molecule has 248 valence electrons. The van der Waals surface area contributed by atoms with Crippen LogP contribution in [0.2, 0.25) is 5.02 Å². The first-order chi connectivity index (χ1) is 21.8. The Morgan fingerprint density at radius 1 is 1.02 bits per heavy atom. The van der Waals surface area contributed by atoms with Gasteiger partial charge in [-0.05, 0) is 97.2 Å². The van der Waals surface area contributed by atoms with Crippen molar-refractivity contribution in [1.29, 1.82) is 0 Å². The number of ether oxygens (including phenoxy) is 1. The molecule has 46 heavy (non-hydrogen) atoms. The zero-order chi connectivity index (χ0) is 33.2. The Morgan fingerprint density at radius 2 is 1.72 bits per heavy atom. The fourth-order valence-corrected chi connectivity index (χ4v) is 6.91. The van der Waals surface area contributed by atoms with Crippen LogP contribution in [0.25, 0.3) is 0 Å². The quantitative estimate of drug-likeness (QED) is 0.357. The SMILES string of the molecule is Cc1ccc(N(CCCN2CC3=CN(C(=O)c4c(C)ncnc4C)CC3C2)C(=O)C2CCN(CC(=O)OC(C)(C)C)CC2)cc1Cl. The minimum atomic E-state index is -0.512. The Kier molecular flexibility index (Phi) is 10.5. The van der Waals surface area contributed by atoms with Crippen LogP contribution in [0.1, 0.15) is 67.3 Å². The largest absolute Gasteiger partial charge is 0.459 e. The molecule has 0 bridgehead atoms. The number of amides is 2. The van der Waals surface area contributed by atoms with Gasteiger partial charge in [0.15, 0.2) is 0 Å². The van der Waals surface area contributed by atoms with Gasteiger partial charge in [-0.3, -0.25) is 24.2 Å². The maximum absolute atomic E-state index is 14.0. The van der Waals surface area contributed by atoms with Crippen molar-refractivity contribution in [3.63, 3.8) is 0 Å². The summed E-state index contributed by atoms with van der Waals surface area (Å²) in [5.41, 5.74) is 4.56. The molecule has 5 rings (SSSR count). The number of aromatic nitrogens is 2. The second kappa shape index (κ2) is 14.2. The molecule has 0 N–H and O–H groups in total. The van der Waals surface area contributed by atoms with Crippen molar-refractivity contribution in [2.45, 2.75) is 66.4 Å². The van der Waals surface area contributed by atoms with Crippen LogP contribution in [-0.2, 0) is 14.3 Å². The van der Waals surface area contributed by atoms with Gasteiger partial charge in [0.05, 0.1) is 23.5 Å². The zero-order valence-electron chi connectivity index (χ0n) is 28.0. The van der Waals surface area contributed by atoms with Gasteiger partial charge in [-0.25, -0.2) is 9.97 Å². The number of nitrogens with zero attached hydrogens (tertiary/aromatic N) is 6. The van der Waals surface area contributed by atoms with Gasteiger partial charge in [-0.1, -0.05) is 17.7 Å². The molecule has 0 radical (unpaired) electrons. The lowest BCUT2D eigenvalue weighted by Gasteiger charge is -2.34. The molecule has 1 unspecified atom stereocenters. The van der Waals surface area contributed by atoms with Crippen LogP contribution < -0.4 is 4.90 Å². The Labute approximate surface area is 277 Å². The number of halogens is 1. The number of aryl methyl sites for hydroxylation is 3. The van der Waals surface area contributed by atoms with Crippen molar-refractivity contribution in [3.05, 3.63) is 63.8 Å². The van der Waals surface area contributed by atoms with Crippen molar-refractivity contribution < 1.29 is 19.1 Å². The molecule has 2 fully saturated rings. The molecule has 0 saturated carbocycles. The number of esters is 1. The zero-order valence-corrected chi connectivity index (χ0v) is 28.8. The van der Waals surface area contributed by atoms with Crippen molar-refractivity contribution in [3.8, 4) is 0 Å². The maximum Gasteiger partial charge on any atom is 0.320 e. The number of fused-ring (bicyclic) bond motifs is 1. The molecule has 0 spiro atoms. The van der Waals surface area contributed by atoms with Gasteiger partial charge >= 0.3 is 5.97 Å². The Hall–Kier alpha value is -3.34. The van der Waals surface area contributed by atoms with Gasteiger partial charge in [-0.15, -0.1) is 0 Å². The molecule has 1 aromatic heterocycles. The number of anilines is 1. The summed E-state index contributed by atoms with van der Waals surface area (Å²) in [5.74, 6) is 0.0455. The molecule has 1 atom stereocenters. The minimum absolute atomic E-state index is 0.0364. The lowest BCUT2D eigenvalue weighted by atomic mass is 9.94. The first-order valence-corrected chi connectivity index (χ1v) is 16.7. The van der Waals surface area contributed by atoms with Gasteiger partial charge < -0.3 is 14.5 Å². The average Bonchev–Trinajstić information content (AvgIpc) is 3.55. The fraction of sp³-hybridized carbons (Fsp3) is 0.571. The average molecular weight is 651 g/mol. The predicted octanol–water partition coefficient (Wildman–Crippen LogP) is 4.80. The summed E-state index contributed by atoms with van der Waals surface area (Å²) in [6.45, 7) is 16.7. The number of rotatable bonds is 9. The van der Waals surface area contributed by atoms with Gasteiger partial charge in [0.2, 0.25) is 5.91 Å². The maximum atomic E-state index is 14.0. The molecule has 3 aliphatic rings. The van der Waals surface area contributed by atoms with E-state index in [4.69, 9.17) is 16.3 Å². The van der Waals surface area contributed by atoms with Crippen molar-refractivity contribution in [1.82, 2.24) is 24.7 Å². The molecule has 4 heterocycles. The van der Waals surface area contributed by atoms with Crippen molar-refractivity contribution in [2.75, 3.05) is 57.3 Å². The normalized spacial score (nSPS) is 19.2. The van der Waals surface area contributed by atoms with Crippen LogP contribution >= 0.6 is 11.6 Å². The van der Waals surface area contributed by atoms with Gasteiger partial charge in [0.25, 0.3) is 5.91 Å². The summed E-state index contributed by atoms with van der Waals surface area (Å²) >= 11 is 6.51. The Bertz CT molecular complexity index is 1480. The van der Waals surface area contributed by atoms with Crippen LogP contribution in [0, 0.1) is 32.6 Å². The van der Waals surface area contributed by atoms with Crippen LogP contribution in [0.4, 0.5) is 5.69 Å². The lowest BCUT2D eigenvalue weighted by Crippen LogP contribution is -2.45. The van der Waals surface area contributed by atoms with Crippen LogP contribution in [-0.4, -0.2) is 100 Å². The van der Waals surface area contributed by atoms with Crippen LogP contribution in [0.15, 0.2) is 36.3 Å². The number of carbonyl (C=O) groups is 3. The molecule has 2 saturated heterocycles. The van der Waals surface area contributed by atoms with Crippen molar-refractivity contribution >= 4 is 35.1 Å². The van der Waals surface area contributed by atoms with Crippen LogP contribution in [0.3, 0.4) is 0 Å². The lowest BCUT2D eigenvalue weighted by molar-refractivity contribution is -0.156. The van der Waals surface area contributed by atoms with E-state index in [-0.39, 0.29) is 30.2 Å². The third-order valence-electron chi connectivity index (χ3n) is 9.15. The topological polar surface area (TPSA) is 99.2 Å². The Balaban J connectivity index is 1.17. The number of piperidine rings is 1. The molecular weight excluding hydrogens is 604 g/mol. The third kappa shape index (κ3) is 8.14. The molecule has 2 aromatic rings. The van der Waals surface area contributed by atoms with E-state index in [1.54, 1.807) is 0 Å². The molecule has 11 heteroatoms. The molecule has 1 aromatic carbocycles. The summed E-state index contributed by atoms with van der Waals surface area (Å²) in [6, 6.07) is 5.84. The Morgan fingerprint density at radius 3 is 2.35 bits per heavy atom. The third-order valence-corrected chi connectivity index (χ3v) is 9.55. The summed E-state index contributed by atoms with van der Waals surface area (Å²) < 4.78 is 5.49. The van der Waals surface area contributed by atoms with E-state index in [1.807, 2.05) is 75.7 Å². The van der Waals surface area contributed by atoms with Crippen LogP contribution in [0.5, 0.6) is 0 Å². The van der Waals surface area contributed by atoms with Gasteiger partial charge in [-0.2, -0.15) is 0 Å². The van der Waals surface area contributed by atoms with E-state index >= 15 is 0 Å². The molecule has 3 aliphatic heterocycles. The van der Waals surface area contributed by atoms with Gasteiger partial charge in [0.1, 0.15) is 11.9 Å². The summed E-state index contributed by atoms with van der Waals surface area (Å²) in [7, 11) is 0. The highest BCUT2D eigenvalue weighted by Gasteiger charge is 2.36. The number of benzene rings is 1. The molecule has 2 amide bonds. The summed E-state index contributed by atoms with van der Waals surface area (Å²) in [4.78, 5) is 56.2. The van der Waals surface area contributed by atoms with E-state index in [1.165, 1.54) is 11.9 Å². The second-order valence-corrected chi connectivity index (χ2v) is 14.3. The highest BCUT2D eigenvalue weighted by atomic mass is 35.5. The first-order valence-electron chi connectivity index (χ1n) is 16.3. The number of likely N-dealkylation sites (tertiary alicyclic amines) is 2. The standard InChI is InChI=1S/C35H47ClN6O4/c1-23-8-9-29(16-30(23)36)42(33(44)26-10-14-39(15-11-26)21-31(43)46-35(4,5)6)13-7-12-40-17-27-19-41(20-28(27)18-40)34(45)32-24(2)37-22-38-25(32)3/h8-9,16,19,22,26,28H,7,10-15,17-18,20-21H2,1-6H3. The molecule has 10 nitrogen and oxygen atoms in total. The van der Waals surface area contributed by atoms with E-state index in [0.717, 1.165) is 37.3 Å². The van der Waals surface area contributed by atoms with Crippen molar-refractivity contribution in [2.24, 2.45) is 11.8 Å². The van der Waals surface area contributed by atoms with Gasteiger partial charge in [0, 0.05) is 61.5 Å². The highest BCUT2D eigenvalue weighted by molar-refractivity contribution is 6.31. The minimum Gasteiger partial charge on any atom is -0.459 e. The molecular formula is C35H47ClN6O4. The van der Waals surface area contributed by atoms with E-state index < -0.39 is 5.60 Å². The van der Waals surface area contributed by atoms with E-state index in [0.29, 0.717) is 66.9 Å². The first kappa shape index (κ1) is 34.0.